The average molecular weight is 513 g/mol. The van der Waals surface area contributed by atoms with Crippen molar-refractivity contribution in [1.82, 2.24) is 0 Å². The Labute approximate surface area is 198 Å². The molecule has 10 heteroatoms. The van der Waals surface area contributed by atoms with Gasteiger partial charge in [0.1, 0.15) is 0 Å². The van der Waals surface area contributed by atoms with Gasteiger partial charge in [0.2, 0.25) is 0 Å². The summed E-state index contributed by atoms with van der Waals surface area (Å²) >= 11 is 11.8. The molecule has 3 rings (SSSR count). The van der Waals surface area contributed by atoms with Crippen molar-refractivity contribution in [3.05, 3.63) is 80.8 Å². The van der Waals surface area contributed by atoms with Gasteiger partial charge in [0.05, 0.1) is 15.5 Å². The Morgan fingerprint density at radius 2 is 1.09 bits per heavy atom. The van der Waals surface area contributed by atoms with E-state index in [1.165, 1.54) is 42.5 Å². The van der Waals surface area contributed by atoms with E-state index in [1.54, 1.807) is 13.8 Å². The van der Waals surface area contributed by atoms with Gasteiger partial charge in [-0.15, -0.1) is 0 Å². The highest BCUT2D eigenvalue weighted by molar-refractivity contribution is 7.93. The monoisotopic (exact) mass is 512 g/mol. The first-order valence-electron chi connectivity index (χ1n) is 9.49. The van der Waals surface area contributed by atoms with Crippen LogP contribution in [0.5, 0.6) is 0 Å². The molecule has 32 heavy (non-hydrogen) atoms. The summed E-state index contributed by atoms with van der Waals surface area (Å²) in [4.78, 5) is 0.182. The summed E-state index contributed by atoms with van der Waals surface area (Å²) in [5, 5.41) is 0.578. The van der Waals surface area contributed by atoms with E-state index in [4.69, 9.17) is 23.2 Å². The molecule has 3 aromatic rings. The van der Waals surface area contributed by atoms with Crippen LogP contribution in [0.15, 0.2) is 58.3 Å². The maximum Gasteiger partial charge on any atom is 0.262 e. The molecule has 0 aliphatic heterocycles. The summed E-state index contributed by atoms with van der Waals surface area (Å²) in [7, 11) is -7.80. The first-order valence-corrected chi connectivity index (χ1v) is 13.2. The van der Waals surface area contributed by atoms with Crippen LogP contribution < -0.4 is 9.44 Å². The number of hydrogen-bond acceptors (Lipinski definition) is 4. The Morgan fingerprint density at radius 1 is 0.625 bits per heavy atom. The Balaban J connectivity index is 1.87. The van der Waals surface area contributed by atoms with E-state index < -0.39 is 20.0 Å². The highest BCUT2D eigenvalue weighted by Crippen LogP contribution is 2.29. The van der Waals surface area contributed by atoms with Crippen molar-refractivity contribution in [2.24, 2.45) is 0 Å². The van der Waals surface area contributed by atoms with Gasteiger partial charge >= 0.3 is 0 Å². The van der Waals surface area contributed by atoms with Crippen molar-refractivity contribution in [1.29, 1.82) is 0 Å². The van der Waals surface area contributed by atoms with E-state index in [0.717, 1.165) is 11.1 Å². The maximum atomic E-state index is 13.1. The highest BCUT2D eigenvalue weighted by atomic mass is 35.5. The number of aryl methyl sites for hydroxylation is 2. The van der Waals surface area contributed by atoms with Crippen molar-refractivity contribution in [2.45, 2.75) is 37.5 Å². The first kappa shape index (κ1) is 24.4. The summed E-state index contributed by atoms with van der Waals surface area (Å²) in [5.74, 6) is 0. The van der Waals surface area contributed by atoms with Gasteiger partial charge in [-0.25, -0.2) is 16.8 Å². The van der Waals surface area contributed by atoms with E-state index in [0.29, 0.717) is 11.1 Å². The van der Waals surface area contributed by atoms with Crippen LogP contribution >= 0.6 is 23.2 Å². The molecule has 0 heterocycles. The lowest BCUT2D eigenvalue weighted by atomic mass is 10.0. The summed E-state index contributed by atoms with van der Waals surface area (Å²) in [6, 6.07) is 11.7. The predicted octanol–water partition coefficient (Wildman–Crippen LogP) is 5.83. The van der Waals surface area contributed by atoms with Crippen molar-refractivity contribution < 1.29 is 16.8 Å². The third-order valence-corrected chi connectivity index (χ3v) is 8.59. The van der Waals surface area contributed by atoms with Crippen molar-refractivity contribution in [3.63, 3.8) is 0 Å². The zero-order valence-corrected chi connectivity index (χ0v) is 21.0. The van der Waals surface area contributed by atoms with E-state index in [-0.39, 0.29) is 31.2 Å². The fourth-order valence-electron chi connectivity index (χ4n) is 3.32. The number of nitrogens with one attached hydrogen (secondary N) is 2. The summed E-state index contributed by atoms with van der Waals surface area (Å²) < 4.78 is 56.4. The zero-order valence-electron chi connectivity index (χ0n) is 17.8. The molecule has 0 spiro atoms. The second-order valence-electron chi connectivity index (χ2n) is 7.48. The number of sulfonamides is 2. The van der Waals surface area contributed by atoms with Crippen LogP contribution in [0.25, 0.3) is 0 Å². The lowest BCUT2D eigenvalue weighted by molar-refractivity contribution is 0.599. The molecule has 0 bridgehead atoms. The normalized spacial score (nSPS) is 11.9. The second-order valence-corrected chi connectivity index (χ2v) is 11.7. The molecule has 0 amide bonds. The Bertz CT molecular complexity index is 1360. The molecule has 0 atom stereocenters. The molecule has 0 fully saturated rings. The van der Waals surface area contributed by atoms with Gasteiger partial charge in [-0.3, -0.25) is 9.44 Å². The number of halogens is 2. The van der Waals surface area contributed by atoms with E-state index in [1.807, 2.05) is 19.9 Å². The first-order chi connectivity index (χ1) is 14.8. The third-order valence-electron chi connectivity index (χ3n) is 5.10. The van der Waals surface area contributed by atoms with E-state index in [9.17, 15) is 16.8 Å². The lowest BCUT2D eigenvalue weighted by Crippen LogP contribution is -2.17. The molecule has 2 N–H and O–H groups in total. The Kier molecular flexibility index (Phi) is 6.81. The van der Waals surface area contributed by atoms with Crippen molar-refractivity contribution in [2.75, 3.05) is 9.44 Å². The van der Waals surface area contributed by atoms with Gasteiger partial charge in [-0.2, -0.15) is 0 Å². The molecule has 0 aromatic heterocycles. The molecule has 0 aliphatic carbocycles. The molecule has 0 unspecified atom stereocenters. The van der Waals surface area contributed by atoms with Crippen LogP contribution in [0.4, 0.5) is 11.4 Å². The van der Waals surface area contributed by atoms with E-state index >= 15 is 0 Å². The quantitative estimate of drug-likeness (QED) is 0.434. The Hall–Kier alpha value is -2.26. The summed E-state index contributed by atoms with van der Waals surface area (Å²) in [6.07, 6.45) is 0. The summed E-state index contributed by atoms with van der Waals surface area (Å²) in [6.45, 7) is 7.25. The van der Waals surface area contributed by atoms with Crippen LogP contribution in [0, 0.1) is 27.7 Å². The third kappa shape index (κ3) is 5.20. The molecule has 0 aliphatic rings. The number of hydrogen-bond donors (Lipinski definition) is 2. The molecule has 0 saturated carbocycles. The molecule has 3 aromatic carbocycles. The molecule has 0 saturated heterocycles. The average Bonchev–Trinajstić information content (AvgIpc) is 2.65. The lowest BCUT2D eigenvalue weighted by Gasteiger charge is -2.17. The molecule has 170 valence electrons. The van der Waals surface area contributed by atoms with Gasteiger partial charge in [0, 0.05) is 15.7 Å². The van der Waals surface area contributed by atoms with Crippen molar-refractivity contribution in [3.8, 4) is 0 Å². The van der Waals surface area contributed by atoms with Gasteiger partial charge < -0.3 is 0 Å². The maximum absolute atomic E-state index is 13.1. The van der Waals surface area contributed by atoms with Gasteiger partial charge in [-0.1, -0.05) is 29.3 Å². The van der Waals surface area contributed by atoms with Crippen LogP contribution in [-0.2, 0) is 20.0 Å². The topological polar surface area (TPSA) is 92.3 Å². The number of benzene rings is 3. The smallest absolute Gasteiger partial charge is 0.262 e. The molecular formula is C22H22Cl2N2O4S2. The second kappa shape index (κ2) is 8.94. The van der Waals surface area contributed by atoms with Gasteiger partial charge in [0.25, 0.3) is 20.0 Å². The SMILES string of the molecule is Cc1cc(C)c(C)c(S(=O)(=O)Nc2ccc(S(=O)(=O)Nc3cc(Cl)cc(Cl)c3)cc2)c1C. The molecule has 0 radical (unpaired) electrons. The molecular weight excluding hydrogens is 491 g/mol. The minimum absolute atomic E-state index is 0.0460. The van der Waals surface area contributed by atoms with E-state index in [2.05, 4.69) is 9.44 Å². The van der Waals surface area contributed by atoms with Crippen LogP contribution in [0.2, 0.25) is 10.0 Å². The largest absolute Gasteiger partial charge is 0.280 e. The van der Waals surface area contributed by atoms with Crippen LogP contribution in [0.3, 0.4) is 0 Å². The predicted molar refractivity (Wildman–Crippen MR) is 130 cm³/mol. The summed E-state index contributed by atoms with van der Waals surface area (Å²) in [5.41, 5.74) is 3.55. The number of rotatable bonds is 6. The van der Waals surface area contributed by atoms with Crippen molar-refractivity contribution >= 4 is 54.6 Å². The molecule has 6 nitrogen and oxygen atoms in total. The fourth-order valence-corrected chi connectivity index (χ4v) is 6.56. The van der Waals surface area contributed by atoms with Gasteiger partial charge in [0.15, 0.2) is 0 Å². The highest BCUT2D eigenvalue weighted by Gasteiger charge is 2.23. The fraction of sp³-hybridized carbons (Fsp3) is 0.182. The number of anilines is 2. The standard InChI is InChI=1S/C22H22Cl2N2O4S2/c1-13-9-14(2)16(4)22(15(13)3)32(29,30)25-19-5-7-21(8-6-19)31(27,28)26-20-11-17(23)10-18(24)12-20/h5-12,25-26H,1-4H3. The van der Waals surface area contributed by atoms with Gasteiger partial charge in [-0.05, 0) is 92.4 Å². The Morgan fingerprint density at radius 3 is 1.59 bits per heavy atom. The minimum Gasteiger partial charge on any atom is -0.280 e. The van der Waals surface area contributed by atoms with Crippen LogP contribution in [0.1, 0.15) is 22.3 Å². The van der Waals surface area contributed by atoms with Crippen LogP contribution in [-0.4, -0.2) is 16.8 Å². The minimum atomic E-state index is -3.93. The zero-order chi connectivity index (χ0) is 23.8.